The van der Waals surface area contributed by atoms with Crippen LogP contribution in [0.1, 0.15) is 6.42 Å². The van der Waals surface area contributed by atoms with E-state index in [1.807, 2.05) is 0 Å². The first-order valence-electron chi connectivity index (χ1n) is 2.65. The first-order valence-corrected chi connectivity index (χ1v) is 4.62. The summed E-state index contributed by atoms with van der Waals surface area (Å²) in [4.78, 5) is 0. The highest BCUT2D eigenvalue weighted by Crippen LogP contribution is 1.79. The van der Waals surface area contributed by atoms with Gasteiger partial charge in [0.1, 0.15) is 9.92 Å². The Balaban J connectivity index is 3.40. The van der Waals surface area contributed by atoms with E-state index in [-0.39, 0.29) is 0 Å². The van der Waals surface area contributed by atoms with Crippen molar-refractivity contribution in [2.45, 2.75) is 6.42 Å². The number of hydrogen-bond acceptors (Lipinski definition) is 2. The molecule has 0 aliphatic heterocycles. The molecular weight excluding hydrogens is 136 g/mol. The summed E-state index contributed by atoms with van der Waals surface area (Å²) in [6.07, 6.45) is 3.83. The predicted octanol–water partition coefficient (Wildman–Crippen LogP) is 0.744. The molecule has 0 aromatic heterocycles. The molecule has 0 bridgehead atoms. The van der Waals surface area contributed by atoms with E-state index in [9.17, 15) is 4.21 Å². The maximum absolute atomic E-state index is 10.6. The van der Waals surface area contributed by atoms with E-state index >= 15 is 0 Å². The Labute approximate surface area is 56.3 Å². The van der Waals surface area contributed by atoms with Gasteiger partial charge in [0, 0.05) is 12.8 Å². The second-order valence-corrected chi connectivity index (χ2v) is 3.79. The highest BCUT2D eigenvalue weighted by molar-refractivity contribution is 7.89. The summed E-state index contributed by atoms with van der Waals surface area (Å²) < 4.78 is 20.0. The van der Waals surface area contributed by atoms with Crippen LogP contribution in [0.2, 0.25) is 0 Å². The minimum absolute atomic E-state index is 0.572. The van der Waals surface area contributed by atoms with Crippen molar-refractivity contribution in [3.8, 4) is 0 Å². The Morgan fingerprint density at radius 2 is 2.44 bits per heavy atom. The second kappa shape index (κ2) is 3.63. The van der Waals surface area contributed by atoms with Crippen molar-refractivity contribution >= 4 is 9.92 Å². The molecule has 0 rings (SSSR count). The van der Waals surface area contributed by atoms with Gasteiger partial charge >= 0.3 is 0 Å². The van der Waals surface area contributed by atoms with Gasteiger partial charge in [-0.15, -0.1) is 6.58 Å². The molecule has 0 amide bonds. The fraction of sp³-hybridized carbons (Fsp3) is 0.600. The van der Waals surface area contributed by atoms with Crippen LogP contribution in [0.25, 0.3) is 0 Å². The van der Waals surface area contributed by atoms with E-state index in [1.165, 1.54) is 6.26 Å². The molecule has 9 heavy (non-hydrogen) atoms. The summed E-state index contributed by atoms with van der Waals surface area (Å²) in [7, 11) is -2.49. The molecule has 0 aromatic rings. The molecule has 0 fully saturated rings. The summed E-state index contributed by atoms with van der Waals surface area (Å²) >= 11 is 0. The molecular formula is C5H12N2OS. The lowest BCUT2D eigenvalue weighted by atomic mass is 10.4. The molecule has 0 saturated carbocycles. The first-order chi connectivity index (χ1) is 4.06. The van der Waals surface area contributed by atoms with Gasteiger partial charge in [0.05, 0.1) is 0 Å². The van der Waals surface area contributed by atoms with E-state index in [0.29, 0.717) is 6.54 Å². The highest BCUT2D eigenvalue weighted by atomic mass is 32.2. The van der Waals surface area contributed by atoms with Gasteiger partial charge in [-0.2, -0.15) is 0 Å². The molecule has 0 spiro atoms. The zero-order chi connectivity index (χ0) is 7.33. The number of rotatable bonds is 4. The van der Waals surface area contributed by atoms with Crippen LogP contribution >= 0.6 is 0 Å². The third kappa shape index (κ3) is 7.65. The molecule has 54 valence electrons. The molecule has 1 atom stereocenters. The van der Waals surface area contributed by atoms with E-state index < -0.39 is 9.92 Å². The maximum Gasteiger partial charge on any atom is 0.102 e. The smallest absolute Gasteiger partial charge is 0.102 e. The summed E-state index contributed by atoms with van der Waals surface area (Å²) in [5.74, 6) is 0. The summed E-state index contributed by atoms with van der Waals surface area (Å²) in [5.41, 5.74) is 0. The molecule has 3 nitrogen and oxygen atoms in total. The van der Waals surface area contributed by atoms with E-state index in [1.54, 1.807) is 6.08 Å². The lowest BCUT2D eigenvalue weighted by Gasteiger charge is -1.99. The van der Waals surface area contributed by atoms with E-state index in [4.69, 9.17) is 4.78 Å². The molecule has 1 unspecified atom stereocenters. The monoisotopic (exact) mass is 148 g/mol. The SMILES string of the molecule is C=CCCNS(C)(=N)=O. The molecule has 0 radical (unpaired) electrons. The average Bonchev–Trinajstić information content (AvgIpc) is 1.63. The molecule has 2 N–H and O–H groups in total. The van der Waals surface area contributed by atoms with Gasteiger partial charge in [-0.25, -0.2) is 13.7 Å². The van der Waals surface area contributed by atoms with Crippen molar-refractivity contribution in [1.82, 2.24) is 4.72 Å². The van der Waals surface area contributed by atoms with Crippen molar-refractivity contribution in [2.75, 3.05) is 12.8 Å². The predicted molar refractivity (Wildman–Crippen MR) is 39.6 cm³/mol. The molecule has 0 aliphatic carbocycles. The second-order valence-electron chi connectivity index (χ2n) is 1.82. The average molecular weight is 148 g/mol. The largest absolute Gasteiger partial charge is 0.241 e. The van der Waals surface area contributed by atoms with Gasteiger partial charge in [0.2, 0.25) is 0 Å². The minimum atomic E-state index is -2.49. The van der Waals surface area contributed by atoms with Crippen LogP contribution in [0.3, 0.4) is 0 Å². The van der Waals surface area contributed by atoms with Crippen molar-refractivity contribution in [1.29, 1.82) is 4.78 Å². The van der Waals surface area contributed by atoms with Gasteiger partial charge in [0.25, 0.3) is 0 Å². The van der Waals surface area contributed by atoms with Crippen molar-refractivity contribution in [2.24, 2.45) is 0 Å². The minimum Gasteiger partial charge on any atom is -0.241 e. The lowest BCUT2D eigenvalue weighted by molar-refractivity contribution is 0.667. The Morgan fingerprint density at radius 3 is 2.78 bits per heavy atom. The van der Waals surface area contributed by atoms with Crippen molar-refractivity contribution in [3.63, 3.8) is 0 Å². The Kier molecular flexibility index (Phi) is 3.49. The number of hydrogen-bond donors (Lipinski definition) is 2. The van der Waals surface area contributed by atoms with Crippen LogP contribution < -0.4 is 4.72 Å². The Bertz CT molecular complexity index is 171. The molecule has 0 aliphatic rings. The standard InChI is InChI=1S/C5H12N2OS/c1-3-4-5-7-9(2,6)8/h3H,1,4-5H2,2H3,(H2,6,7,8). The van der Waals surface area contributed by atoms with Crippen molar-refractivity contribution in [3.05, 3.63) is 12.7 Å². The van der Waals surface area contributed by atoms with Crippen LogP contribution in [-0.4, -0.2) is 17.0 Å². The summed E-state index contributed by atoms with van der Waals surface area (Å²) in [6.45, 7) is 4.06. The van der Waals surface area contributed by atoms with Crippen molar-refractivity contribution < 1.29 is 4.21 Å². The van der Waals surface area contributed by atoms with Crippen LogP contribution in [0.4, 0.5) is 0 Å². The van der Waals surface area contributed by atoms with Gasteiger partial charge in [-0.05, 0) is 6.42 Å². The van der Waals surface area contributed by atoms with Crippen LogP contribution in [0, 0.1) is 4.78 Å². The van der Waals surface area contributed by atoms with E-state index in [0.717, 1.165) is 6.42 Å². The highest BCUT2D eigenvalue weighted by Gasteiger charge is 1.90. The van der Waals surface area contributed by atoms with Gasteiger partial charge < -0.3 is 0 Å². The quantitative estimate of drug-likeness (QED) is 0.448. The molecule has 0 saturated heterocycles. The van der Waals surface area contributed by atoms with Gasteiger partial charge in [-0.1, -0.05) is 6.08 Å². The molecule has 0 heterocycles. The number of nitrogens with one attached hydrogen (secondary N) is 2. The summed E-state index contributed by atoms with van der Waals surface area (Å²) in [5, 5.41) is 0. The Hall–Kier alpha value is -0.350. The normalized spacial score (nSPS) is 16.6. The zero-order valence-corrected chi connectivity index (χ0v) is 6.33. The summed E-state index contributed by atoms with van der Waals surface area (Å²) in [6, 6.07) is 0. The van der Waals surface area contributed by atoms with E-state index in [2.05, 4.69) is 11.3 Å². The lowest BCUT2D eigenvalue weighted by Crippen LogP contribution is -2.21. The van der Waals surface area contributed by atoms with Crippen LogP contribution in [0.15, 0.2) is 12.7 Å². The molecule has 4 heteroatoms. The third-order valence-corrected chi connectivity index (χ3v) is 1.48. The van der Waals surface area contributed by atoms with Crippen LogP contribution in [-0.2, 0) is 9.92 Å². The fourth-order valence-electron chi connectivity index (χ4n) is 0.356. The zero-order valence-electron chi connectivity index (χ0n) is 5.52. The molecule has 0 aromatic carbocycles. The fourth-order valence-corrected chi connectivity index (χ4v) is 0.863. The Morgan fingerprint density at radius 1 is 1.89 bits per heavy atom. The van der Waals surface area contributed by atoms with Gasteiger partial charge in [0.15, 0.2) is 0 Å². The maximum atomic E-state index is 10.6. The topological polar surface area (TPSA) is 53.0 Å². The van der Waals surface area contributed by atoms with Crippen LogP contribution in [0.5, 0.6) is 0 Å². The third-order valence-electron chi connectivity index (χ3n) is 0.726. The first kappa shape index (κ1) is 8.65. The van der Waals surface area contributed by atoms with Gasteiger partial charge in [-0.3, -0.25) is 0 Å².